The predicted octanol–water partition coefficient (Wildman–Crippen LogP) is 4.32. The quantitative estimate of drug-likeness (QED) is 0.260. The molecule has 1 saturated heterocycles. The van der Waals surface area contributed by atoms with E-state index < -0.39 is 39.2 Å². The van der Waals surface area contributed by atoms with Gasteiger partial charge < -0.3 is 24.5 Å². The van der Waals surface area contributed by atoms with Crippen molar-refractivity contribution >= 4 is 32.0 Å². The lowest BCUT2D eigenvalue weighted by molar-refractivity contribution is -0.173. The molecule has 3 atom stereocenters. The third kappa shape index (κ3) is 8.51. The van der Waals surface area contributed by atoms with Crippen molar-refractivity contribution in [3.63, 3.8) is 0 Å². The van der Waals surface area contributed by atoms with Gasteiger partial charge in [0.1, 0.15) is 12.3 Å². The number of thioether (sulfide) groups is 1. The minimum absolute atomic E-state index is 0.0200. The van der Waals surface area contributed by atoms with Crippen LogP contribution in [0, 0.1) is 11.8 Å². The van der Waals surface area contributed by atoms with Crippen LogP contribution < -0.4 is 10.6 Å². The van der Waals surface area contributed by atoms with E-state index in [1.54, 1.807) is 18.3 Å². The lowest BCUT2D eigenvalue weighted by Crippen LogP contribution is -2.46. The molecule has 2 aliphatic rings. The number of amides is 3. The molecular weight excluding hydrogens is 527 g/mol. The molecule has 0 bridgehead atoms. The number of allylic oxidation sites excluding steroid dienone is 2. The third-order valence-corrected chi connectivity index (χ3v) is 11.3. The molecule has 1 fully saturated rings. The van der Waals surface area contributed by atoms with Gasteiger partial charge in [0.25, 0.3) is 0 Å². The van der Waals surface area contributed by atoms with Gasteiger partial charge in [0.2, 0.25) is 0 Å². The minimum Gasteiger partial charge on any atom is -0.414 e. The van der Waals surface area contributed by atoms with E-state index in [0.717, 1.165) is 0 Å². The van der Waals surface area contributed by atoms with Crippen LogP contribution in [0.15, 0.2) is 23.5 Å². The molecule has 0 aromatic rings. The number of hydrogen-bond acceptors (Lipinski definition) is 6. The number of carbonyl (C=O) groups is 2. The smallest absolute Gasteiger partial charge is 0.414 e. The summed E-state index contributed by atoms with van der Waals surface area (Å²) in [6.07, 6.45) is -0.856. The van der Waals surface area contributed by atoms with E-state index >= 15 is 0 Å². The molecule has 13 heteroatoms. The van der Waals surface area contributed by atoms with Gasteiger partial charge in [0.15, 0.2) is 8.32 Å². The maximum Gasteiger partial charge on any atom is 0.471 e. The van der Waals surface area contributed by atoms with Crippen LogP contribution in [-0.4, -0.2) is 75.1 Å². The molecule has 2 N–H and O–H groups in total. The number of nitrogens with zero attached hydrogens (tertiary/aromatic N) is 1. The Labute approximate surface area is 221 Å². The first-order valence-electron chi connectivity index (χ1n) is 11.8. The number of urea groups is 1. The monoisotopic (exact) mass is 563 g/mol. The van der Waals surface area contributed by atoms with Crippen molar-refractivity contribution in [3.8, 4) is 11.8 Å². The molecule has 8 nitrogen and oxygen atoms in total. The highest BCUT2D eigenvalue weighted by atomic mass is 32.2. The van der Waals surface area contributed by atoms with Crippen molar-refractivity contribution in [3.05, 3.63) is 23.5 Å². The molecule has 2 heterocycles. The second-order valence-corrected chi connectivity index (χ2v) is 15.7. The standard InChI is InChI=1S/C24H36F3N3O5SSi/c1-8-17-16(10-9-11-28-21(31)24(25,26)27)13-30(22(32)29-17)20-12-18(33-15-36-5)19(35-20)14-34-37(6,7)23(2,3)4/h8,13,18-20H,11-12,14-15H2,1-7H3,(H,28,31)(H,29,32)/t18-,19-,20-/m1/s1. The van der Waals surface area contributed by atoms with E-state index in [-0.39, 0.29) is 17.2 Å². The number of nitrogens with one attached hydrogen (secondary N) is 2. The first kappa shape index (κ1) is 31.2. The first-order chi connectivity index (χ1) is 17.1. The normalized spacial score (nSPS) is 23.9. The average Bonchev–Trinajstić information content (AvgIpc) is 3.20. The number of carbonyl (C=O) groups excluding carboxylic acids is 2. The number of alkyl halides is 3. The zero-order valence-corrected chi connectivity index (χ0v) is 24.1. The lowest BCUT2D eigenvalue weighted by Gasteiger charge is -2.37. The number of ether oxygens (including phenoxy) is 2. The Kier molecular flexibility index (Phi) is 10.7. The molecule has 208 valence electrons. The van der Waals surface area contributed by atoms with E-state index in [1.165, 1.54) is 22.9 Å². The Morgan fingerprint density at radius 1 is 1.38 bits per heavy atom. The van der Waals surface area contributed by atoms with Crippen molar-refractivity contribution in [2.24, 2.45) is 0 Å². The van der Waals surface area contributed by atoms with Crippen LogP contribution in [0.4, 0.5) is 18.0 Å². The maximum absolute atomic E-state index is 12.9. The lowest BCUT2D eigenvalue weighted by atomic mass is 10.1. The van der Waals surface area contributed by atoms with Gasteiger partial charge in [-0.3, -0.25) is 9.69 Å². The first-order valence-corrected chi connectivity index (χ1v) is 16.1. The fourth-order valence-corrected chi connectivity index (χ4v) is 4.60. The molecule has 0 aliphatic carbocycles. The van der Waals surface area contributed by atoms with Gasteiger partial charge in [0, 0.05) is 12.6 Å². The number of hydrogen-bond donors (Lipinski definition) is 2. The third-order valence-electron chi connectivity index (χ3n) is 6.45. The fourth-order valence-electron chi connectivity index (χ4n) is 3.28. The Morgan fingerprint density at radius 3 is 2.62 bits per heavy atom. The summed E-state index contributed by atoms with van der Waals surface area (Å²) in [5.41, 5.74) is 0.774. The van der Waals surface area contributed by atoms with E-state index in [9.17, 15) is 22.8 Å². The maximum atomic E-state index is 12.9. The molecule has 0 unspecified atom stereocenters. The van der Waals surface area contributed by atoms with Crippen LogP contribution in [0.25, 0.3) is 0 Å². The summed E-state index contributed by atoms with van der Waals surface area (Å²) in [7, 11) is -2.04. The Morgan fingerprint density at radius 2 is 2.05 bits per heavy atom. The van der Waals surface area contributed by atoms with Crippen molar-refractivity contribution in [2.75, 3.05) is 25.3 Å². The SMILES string of the molecule is CC=C1NC(=O)N([C@H]2C[C@@H](OCSC)[C@@H](CO[Si](C)(C)C(C)(C)C)O2)C=C1C#CCNC(=O)C(F)(F)F. The van der Waals surface area contributed by atoms with Gasteiger partial charge in [-0.2, -0.15) is 13.2 Å². The topological polar surface area (TPSA) is 89.1 Å². The summed E-state index contributed by atoms with van der Waals surface area (Å²) in [6, 6.07) is -0.427. The summed E-state index contributed by atoms with van der Waals surface area (Å²) >= 11 is 1.53. The van der Waals surface area contributed by atoms with Gasteiger partial charge in [-0.25, -0.2) is 4.79 Å². The summed E-state index contributed by atoms with van der Waals surface area (Å²) < 4.78 is 55.7. The number of halogens is 3. The summed E-state index contributed by atoms with van der Waals surface area (Å²) in [5, 5.41) is 4.45. The van der Waals surface area contributed by atoms with Crippen molar-refractivity contribution in [2.45, 2.75) is 76.9 Å². The molecular formula is C24H36F3N3O5SSi. The van der Waals surface area contributed by atoms with Crippen LogP contribution >= 0.6 is 11.8 Å². The minimum atomic E-state index is -4.98. The van der Waals surface area contributed by atoms with Crippen LogP contribution in [0.1, 0.15) is 34.1 Å². The molecule has 0 aromatic carbocycles. The van der Waals surface area contributed by atoms with Crippen molar-refractivity contribution in [1.29, 1.82) is 0 Å². The zero-order valence-electron chi connectivity index (χ0n) is 22.2. The summed E-state index contributed by atoms with van der Waals surface area (Å²) in [5.74, 6) is 3.60. The Balaban J connectivity index is 2.19. The zero-order chi connectivity index (χ0) is 28.0. The Bertz CT molecular complexity index is 969. The molecule has 37 heavy (non-hydrogen) atoms. The van der Waals surface area contributed by atoms with E-state index in [0.29, 0.717) is 30.2 Å². The Hall–Kier alpha value is -1.98. The average molecular weight is 564 g/mol. The van der Waals surface area contributed by atoms with Crippen LogP contribution in [0.5, 0.6) is 0 Å². The number of rotatable bonds is 8. The van der Waals surface area contributed by atoms with Gasteiger partial charge in [0.05, 0.1) is 36.5 Å². The molecule has 3 amide bonds. The van der Waals surface area contributed by atoms with Gasteiger partial charge in [-0.1, -0.05) is 38.7 Å². The highest BCUT2D eigenvalue weighted by molar-refractivity contribution is 7.98. The highest BCUT2D eigenvalue weighted by Crippen LogP contribution is 2.38. The van der Waals surface area contributed by atoms with E-state index in [1.807, 2.05) is 6.26 Å². The van der Waals surface area contributed by atoms with Crippen molar-refractivity contribution in [1.82, 2.24) is 15.5 Å². The largest absolute Gasteiger partial charge is 0.471 e. The van der Waals surface area contributed by atoms with Crippen LogP contribution in [-0.2, 0) is 18.7 Å². The molecule has 2 rings (SSSR count). The van der Waals surface area contributed by atoms with E-state index in [2.05, 4.69) is 51.0 Å². The molecule has 0 spiro atoms. The molecule has 2 aliphatic heterocycles. The molecule has 0 radical (unpaired) electrons. The summed E-state index contributed by atoms with van der Waals surface area (Å²) in [6.45, 7) is 12.3. The van der Waals surface area contributed by atoms with Gasteiger partial charge >= 0.3 is 18.1 Å². The second kappa shape index (κ2) is 12.7. The van der Waals surface area contributed by atoms with Gasteiger partial charge in [-0.15, -0.1) is 11.8 Å². The van der Waals surface area contributed by atoms with Crippen LogP contribution in [0.3, 0.4) is 0 Å². The van der Waals surface area contributed by atoms with Gasteiger partial charge in [-0.05, 0) is 31.3 Å². The highest BCUT2D eigenvalue weighted by Gasteiger charge is 2.44. The van der Waals surface area contributed by atoms with Crippen molar-refractivity contribution < 1.29 is 36.7 Å². The predicted molar refractivity (Wildman–Crippen MR) is 139 cm³/mol. The molecule has 0 saturated carbocycles. The fraction of sp³-hybridized carbons (Fsp3) is 0.667. The summed E-state index contributed by atoms with van der Waals surface area (Å²) in [4.78, 5) is 25.2. The van der Waals surface area contributed by atoms with E-state index in [4.69, 9.17) is 13.9 Å². The van der Waals surface area contributed by atoms with Crippen LogP contribution in [0.2, 0.25) is 18.1 Å². The molecule has 0 aromatic heterocycles. The second-order valence-electron chi connectivity index (χ2n) is 10.1.